The fourth-order valence-corrected chi connectivity index (χ4v) is 2.34. The number of benzene rings is 2. The van der Waals surface area contributed by atoms with E-state index in [1.807, 2.05) is 38.1 Å². The lowest BCUT2D eigenvalue weighted by Gasteiger charge is -2.10. The van der Waals surface area contributed by atoms with Crippen LogP contribution in [0.4, 0.5) is 11.4 Å². The molecular weight excluding hydrogens is 374 g/mol. The van der Waals surface area contributed by atoms with E-state index < -0.39 is 0 Å². The monoisotopic (exact) mass is 397 g/mol. The van der Waals surface area contributed by atoms with Crippen LogP contribution in [0.2, 0.25) is 0 Å². The molecule has 0 fully saturated rings. The van der Waals surface area contributed by atoms with E-state index in [4.69, 9.17) is 17.0 Å². The average Bonchev–Trinajstić information content (AvgIpc) is 2.68. The summed E-state index contributed by atoms with van der Waals surface area (Å²) in [6, 6.07) is 14.4. The summed E-state index contributed by atoms with van der Waals surface area (Å²) in [5.41, 5.74) is 2.27. The lowest BCUT2D eigenvalue weighted by atomic mass is 10.2. The van der Waals surface area contributed by atoms with E-state index in [0.717, 1.165) is 11.3 Å². The summed E-state index contributed by atoms with van der Waals surface area (Å²) in [6.07, 6.45) is 3.09. The fourth-order valence-electron chi connectivity index (χ4n) is 2.13. The van der Waals surface area contributed by atoms with Gasteiger partial charge in [-0.25, -0.2) is 0 Å². The van der Waals surface area contributed by atoms with Gasteiger partial charge >= 0.3 is 0 Å². The molecule has 0 atom stereocenters. The molecule has 3 N–H and O–H groups in total. The third-order valence-corrected chi connectivity index (χ3v) is 3.92. The van der Waals surface area contributed by atoms with Crippen LogP contribution in [-0.4, -0.2) is 24.0 Å². The molecule has 146 valence electrons. The lowest BCUT2D eigenvalue weighted by Crippen LogP contribution is -2.32. The highest BCUT2D eigenvalue weighted by molar-refractivity contribution is 7.80. The second-order valence-electron chi connectivity index (χ2n) is 6.27. The van der Waals surface area contributed by atoms with Gasteiger partial charge in [0.2, 0.25) is 11.8 Å². The second-order valence-corrected chi connectivity index (χ2v) is 6.68. The summed E-state index contributed by atoms with van der Waals surface area (Å²) in [5, 5.41) is 8.50. The maximum atomic E-state index is 12.0. The van der Waals surface area contributed by atoms with Crippen LogP contribution in [0.3, 0.4) is 0 Å². The summed E-state index contributed by atoms with van der Waals surface area (Å²) in [6.45, 7) is 3.66. The molecule has 0 aliphatic heterocycles. The van der Waals surface area contributed by atoms with Crippen molar-refractivity contribution in [1.82, 2.24) is 5.32 Å². The number of hydrogen-bond donors (Lipinski definition) is 3. The van der Waals surface area contributed by atoms with Crippen LogP contribution in [0.25, 0.3) is 6.08 Å². The van der Waals surface area contributed by atoms with Gasteiger partial charge in [-0.3, -0.25) is 14.9 Å². The molecule has 7 heteroatoms. The number of thiocarbonyl (C=S) groups is 1. The minimum absolute atomic E-state index is 0.0489. The van der Waals surface area contributed by atoms with Crippen molar-refractivity contribution in [3.8, 4) is 5.75 Å². The number of carbonyl (C=O) groups is 2. The third kappa shape index (κ3) is 6.85. The van der Waals surface area contributed by atoms with Crippen LogP contribution < -0.4 is 20.7 Å². The highest BCUT2D eigenvalue weighted by Crippen LogP contribution is 2.15. The highest BCUT2D eigenvalue weighted by atomic mass is 32.1. The van der Waals surface area contributed by atoms with E-state index in [-0.39, 0.29) is 22.8 Å². The number of carbonyl (C=O) groups excluding carboxylic acids is 2. The first-order valence-electron chi connectivity index (χ1n) is 8.72. The van der Waals surface area contributed by atoms with Crippen LogP contribution in [0.5, 0.6) is 5.75 Å². The standard InChI is InChI=1S/C21H23N3O3S/c1-14(2)20(26)22-16-7-9-17(10-8-16)23-21(28)24-19(25)13-6-15-4-11-18(27-3)12-5-15/h4-14H,1-3H3,(H,22,26)(H2,23,24,25,28)/b13-6+. The van der Waals surface area contributed by atoms with Gasteiger partial charge in [0.25, 0.3) is 0 Å². The molecular formula is C21H23N3O3S. The topological polar surface area (TPSA) is 79.5 Å². The quantitative estimate of drug-likeness (QED) is 0.510. The first-order chi connectivity index (χ1) is 13.4. The maximum Gasteiger partial charge on any atom is 0.250 e. The van der Waals surface area contributed by atoms with Crippen molar-refractivity contribution in [2.45, 2.75) is 13.8 Å². The molecule has 0 unspecified atom stereocenters. The second kappa shape index (κ2) is 10.2. The van der Waals surface area contributed by atoms with Crippen molar-refractivity contribution in [3.05, 3.63) is 60.2 Å². The molecule has 28 heavy (non-hydrogen) atoms. The molecule has 0 saturated heterocycles. The molecule has 0 saturated carbocycles. The number of methoxy groups -OCH3 is 1. The van der Waals surface area contributed by atoms with Crippen molar-refractivity contribution >= 4 is 46.6 Å². The number of hydrogen-bond acceptors (Lipinski definition) is 4. The molecule has 2 aromatic carbocycles. The summed E-state index contributed by atoms with van der Waals surface area (Å²) in [5.74, 6) is 0.273. The first-order valence-corrected chi connectivity index (χ1v) is 9.13. The van der Waals surface area contributed by atoms with Crippen molar-refractivity contribution in [2.75, 3.05) is 17.7 Å². The van der Waals surface area contributed by atoms with Crippen LogP contribution >= 0.6 is 12.2 Å². The molecule has 6 nitrogen and oxygen atoms in total. The molecule has 0 aliphatic carbocycles. The van der Waals surface area contributed by atoms with Crippen LogP contribution in [0.15, 0.2) is 54.6 Å². The van der Waals surface area contributed by atoms with E-state index in [2.05, 4.69) is 16.0 Å². The molecule has 2 amide bonds. The minimum Gasteiger partial charge on any atom is -0.497 e. The smallest absolute Gasteiger partial charge is 0.250 e. The average molecular weight is 398 g/mol. The lowest BCUT2D eigenvalue weighted by molar-refractivity contribution is -0.119. The van der Waals surface area contributed by atoms with Crippen molar-refractivity contribution < 1.29 is 14.3 Å². The van der Waals surface area contributed by atoms with Gasteiger partial charge in [0.1, 0.15) is 5.75 Å². The van der Waals surface area contributed by atoms with E-state index in [1.165, 1.54) is 6.08 Å². The summed E-state index contributed by atoms with van der Waals surface area (Å²) in [4.78, 5) is 23.7. The molecule has 0 spiro atoms. The normalized spacial score (nSPS) is 10.6. The summed E-state index contributed by atoms with van der Waals surface area (Å²) < 4.78 is 5.09. The predicted octanol–water partition coefficient (Wildman–Crippen LogP) is 3.82. The number of ether oxygens (including phenoxy) is 1. The van der Waals surface area contributed by atoms with E-state index in [0.29, 0.717) is 11.4 Å². The van der Waals surface area contributed by atoms with Gasteiger partial charge in [-0.2, -0.15) is 0 Å². The van der Waals surface area contributed by atoms with Gasteiger partial charge in [0.05, 0.1) is 7.11 Å². The van der Waals surface area contributed by atoms with Crippen LogP contribution in [0.1, 0.15) is 19.4 Å². The molecule has 2 rings (SSSR count). The summed E-state index contributed by atoms with van der Waals surface area (Å²) in [7, 11) is 1.60. The SMILES string of the molecule is COc1ccc(/C=C/C(=O)NC(=S)Nc2ccc(NC(=O)C(C)C)cc2)cc1. The van der Waals surface area contributed by atoms with E-state index >= 15 is 0 Å². The third-order valence-electron chi connectivity index (χ3n) is 3.71. The molecule has 0 aromatic heterocycles. The van der Waals surface area contributed by atoms with Crippen molar-refractivity contribution in [1.29, 1.82) is 0 Å². The van der Waals surface area contributed by atoms with Crippen molar-refractivity contribution in [2.24, 2.45) is 5.92 Å². The number of amides is 2. The Hall–Kier alpha value is -3.19. The molecule has 2 aromatic rings. The zero-order valence-corrected chi connectivity index (χ0v) is 16.8. The van der Waals surface area contributed by atoms with Crippen LogP contribution in [-0.2, 0) is 9.59 Å². The molecule has 0 aliphatic rings. The van der Waals surface area contributed by atoms with Crippen LogP contribution in [0, 0.1) is 5.92 Å². The Morgan fingerprint density at radius 2 is 1.54 bits per heavy atom. The van der Waals surface area contributed by atoms with Gasteiger partial charge in [0, 0.05) is 23.4 Å². The molecule has 0 heterocycles. The Morgan fingerprint density at radius 3 is 2.07 bits per heavy atom. The van der Waals surface area contributed by atoms with Gasteiger partial charge < -0.3 is 15.4 Å². The van der Waals surface area contributed by atoms with Gasteiger partial charge in [-0.1, -0.05) is 26.0 Å². The maximum absolute atomic E-state index is 12.0. The zero-order chi connectivity index (χ0) is 20.5. The zero-order valence-electron chi connectivity index (χ0n) is 16.0. The van der Waals surface area contributed by atoms with Gasteiger partial charge in [-0.05, 0) is 60.3 Å². The van der Waals surface area contributed by atoms with E-state index in [1.54, 1.807) is 37.5 Å². The largest absolute Gasteiger partial charge is 0.497 e. The molecule has 0 radical (unpaired) electrons. The fraction of sp³-hybridized carbons (Fsp3) is 0.190. The Morgan fingerprint density at radius 1 is 0.964 bits per heavy atom. The number of anilines is 2. The van der Waals surface area contributed by atoms with Gasteiger partial charge in [0.15, 0.2) is 5.11 Å². The van der Waals surface area contributed by atoms with E-state index in [9.17, 15) is 9.59 Å². The molecule has 0 bridgehead atoms. The Bertz CT molecular complexity index is 859. The first kappa shape index (κ1) is 21.1. The predicted molar refractivity (Wildman–Crippen MR) is 116 cm³/mol. The Balaban J connectivity index is 1.84. The number of nitrogens with one attached hydrogen (secondary N) is 3. The highest BCUT2D eigenvalue weighted by Gasteiger charge is 2.07. The summed E-state index contributed by atoms with van der Waals surface area (Å²) >= 11 is 5.15. The minimum atomic E-state index is -0.339. The Kier molecular flexibility index (Phi) is 7.71. The van der Waals surface area contributed by atoms with Crippen molar-refractivity contribution in [3.63, 3.8) is 0 Å². The van der Waals surface area contributed by atoms with Gasteiger partial charge in [-0.15, -0.1) is 0 Å². The Labute approximate surface area is 170 Å². The number of rotatable bonds is 6.